The number of ether oxygens (including phenoxy) is 1. The van der Waals surface area contributed by atoms with Gasteiger partial charge in [0.2, 0.25) is 5.91 Å². The fourth-order valence-electron chi connectivity index (χ4n) is 3.36. The first-order valence-corrected chi connectivity index (χ1v) is 8.86. The molecule has 2 atom stereocenters. The van der Waals surface area contributed by atoms with E-state index < -0.39 is 30.8 Å². The molecule has 0 aromatic rings. The second-order valence-electron chi connectivity index (χ2n) is 6.53. The van der Waals surface area contributed by atoms with Crippen molar-refractivity contribution in [1.82, 2.24) is 15.5 Å². The van der Waals surface area contributed by atoms with E-state index in [1.807, 2.05) is 6.92 Å². The van der Waals surface area contributed by atoms with Gasteiger partial charge in [-0.3, -0.25) is 9.69 Å². The molecule has 0 spiro atoms. The fraction of sp³-hybridized carbons (Fsp3) is 0.938. The number of nitrogens with one attached hydrogen (secondary N) is 2. The lowest BCUT2D eigenvalue weighted by Crippen LogP contribution is -2.58. The Hall–Kier alpha value is -0.860. The molecule has 8 heteroatoms. The number of alkyl halides is 3. The first kappa shape index (κ1) is 19.5. The Bertz CT molecular complexity index is 395. The molecule has 0 bridgehead atoms. The normalized spacial score (nSPS) is 23.2. The van der Waals surface area contributed by atoms with E-state index in [2.05, 4.69) is 10.6 Å². The fourth-order valence-corrected chi connectivity index (χ4v) is 3.36. The van der Waals surface area contributed by atoms with Gasteiger partial charge in [0.1, 0.15) is 12.1 Å². The van der Waals surface area contributed by atoms with Crippen LogP contribution in [0.2, 0.25) is 0 Å². The largest absolute Gasteiger partial charge is 0.405 e. The summed E-state index contributed by atoms with van der Waals surface area (Å²) in [7, 11) is 0. The molecule has 24 heavy (non-hydrogen) atoms. The van der Waals surface area contributed by atoms with Crippen LogP contribution in [0, 0.1) is 0 Å². The number of piperazine rings is 1. The molecular formula is C16H28F3N3O2. The van der Waals surface area contributed by atoms with Crippen LogP contribution in [0.4, 0.5) is 13.2 Å². The van der Waals surface area contributed by atoms with Crippen molar-refractivity contribution in [3.8, 4) is 0 Å². The monoisotopic (exact) mass is 351 g/mol. The van der Waals surface area contributed by atoms with Crippen molar-refractivity contribution >= 4 is 5.91 Å². The summed E-state index contributed by atoms with van der Waals surface area (Å²) in [6.45, 7) is 3.11. The summed E-state index contributed by atoms with van der Waals surface area (Å²) in [6, 6.07) is -1.65. The second-order valence-corrected chi connectivity index (χ2v) is 6.53. The Morgan fingerprint density at radius 2 is 1.92 bits per heavy atom. The SMILES string of the molecule is CCC(OC1CCCC1)C(=O)NCC(N1CCNCC1)C(F)(F)F. The second kappa shape index (κ2) is 9.01. The van der Waals surface area contributed by atoms with Crippen molar-refractivity contribution in [2.75, 3.05) is 32.7 Å². The van der Waals surface area contributed by atoms with Crippen LogP contribution in [0.3, 0.4) is 0 Å². The zero-order valence-corrected chi connectivity index (χ0v) is 14.2. The third kappa shape index (κ3) is 5.60. The van der Waals surface area contributed by atoms with E-state index in [0.29, 0.717) is 32.6 Å². The van der Waals surface area contributed by atoms with Gasteiger partial charge in [-0.05, 0) is 19.3 Å². The summed E-state index contributed by atoms with van der Waals surface area (Å²) in [5.41, 5.74) is 0. The third-order valence-corrected chi connectivity index (χ3v) is 4.76. The lowest BCUT2D eigenvalue weighted by atomic mass is 10.2. The third-order valence-electron chi connectivity index (χ3n) is 4.76. The van der Waals surface area contributed by atoms with Gasteiger partial charge in [0.05, 0.1) is 6.10 Å². The van der Waals surface area contributed by atoms with Crippen molar-refractivity contribution < 1.29 is 22.7 Å². The maximum absolute atomic E-state index is 13.3. The van der Waals surface area contributed by atoms with E-state index in [4.69, 9.17) is 4.74 Å². The van der Waals surface area contributed by atoms with Crippen LogP contribution in [-0.2, 0) is 9.53 Å². The van der Waals surface area contributed by atoms with Crippen LogP contribution in [0.1, 0.15) is 39.0 Å². The topological polar surface area (TPSA) is 53.6 Å². The Morgan fingerprint density at radius 1 is 1.29 bits per heavy atom. The molecule has 1 aliphatic heterocycles. The van der Waals surface area contributed by atoms with Gasteiger partial charge in [-0.1, -0.05) is 19.8 Å². The van der Waals surface area contributed by atoms with Crippen LogP contribution in [0.5, 0.6) is 0 Å². The molecule has 1 heterocycles. The molecule has 2 rings (SSSR count). The Labute approximate surface area is 141 Å². The molecule has 2 N–H and O–H groups in total. The molecule has 1 saturated carbocycles. The van der Waals surface area contributed by atoms with E-state index in [0.717, 1.165) is 25.7 Å². The van der Waals surface area contributed by atoms with E-state index >= 15 is 0 Å². The maximum Gasteiger partial charge on any atom is 0.405 e. The van der Waals surface area contributed by atoms with Gasteiger partial charge in [-0.2, -0.15) is 13.2 Å². The number of halogens is 3. The lowest BCUT2D eigenvalue weighted by molar-refractivity contribution is -0.184. The van der Waals surface area contributed by atoms with Gasteiger partial charge in [-0.25, -0.2) is 0 Å². The maximum atomic E-state index is 13.3. The summed E-state index contributed by atoms with van der Waals surface area (Å²) in [4.78, 5) is 13.6. The van der Waals surface area contributed by atoms with Crippen LogP contribution in [-0.4, -0.2) is 68.0 Å². The Kier molecular flexibility index (Phi) is 7.31. The van der Waals surface area contributed by atoms with Crippen molar-refractivity contribution in [2.45, 2.75) is 63.5 Å². The number of amides is 1. The van der Waals surface area contributed by atoms with Gasteiger partial charge in [-0.15, -0.1) is 0 Å². The highest BCUT2D eigenvalue weighted by molar-refractivity contribution is 5.80. The predicted octanol–water partition coefficient (Wildman–Crippen LogP) is 1.68. The molecule has 140 valence electrons. The van der Waals surface area contributed by atoms with Crippen molar-refractivity contribution in [2.24, 2.45) is 0 Å². The highest BCUT2D eigenvalue weighted by atomic mass is 19.4. The molecule has 2 aliphatic rings. The molecular weight excluding hydrogens is 323 g/mol. The van der Waals surface area contributed by atoms with Gasteiger partial charge < -0.3 is 15.4 Å². The summed E-state index contributed by atoms with van der Waals surface area (Å²) in [5, 5.41) is 5.50. The molecule has 1 aliphatic carbocycles. The summed E-state index contributed by atoms with van der Waals surface area (Å²) in [5.74, 6) is -0.436. The van der Waals surface area contributed by atoms with Gasteiger partial charge >= 0.3 is 6.18 Å². The highest BCUT2D eigenvalue weighted by Crippen LogP contribution is 2.25. The standard InChI is InChI=1S/C16H28F3N3O2/c1-2-13(24-12-5-3-4-6-12)15(23)21-11-14(16(17,18)19)22-9-7-20-8-10-22/h12-14,20H,2-11H2,1H3,(H,21,23). The van der Waals surface area contributed by atoms with Crippen molar-refractivity contribution in [1.29, 1.82) is 0 Å². The Morgan fingerprint density at radius 3 is 2.46 bits per heavy atom. The van der Waals surface area contributed by atoms with E-state index in [-0.39, 0.29) is 6.10 Å². The van der Waals surface area contributed by atoms with Gasteiger partial charge in [0, 0.05) is 32.7 Å². The summed E-state index contributed by atoms with van der Waals surface area (Å²) in [6.07, 6.45) is -0.474. The molecule has 5 nitrogen and oxygen atoms in total. The number of nitrogens with zero attached hydrogens (tertiary/aromatic N) is 1. The minimum absolute atomic E-state index is 0.0623. The minimum atomic E-state index is -4.36. The average Bonchev–Trinajstić information content (AvgIpc) is 3.05. The predicted molar refractivity (Wildman–Crippen MR) is 84.7 cm³/mol. The van der Waals surface area contributed by atoms with Crippen LogP contribution in [0.15, 0.2) is 0 Å². The average molecular weight is 351 g/mol. The molecule has 2 fully saturated rings. The summed E-state index contributed by atoms with van der Waals surface area (Å²) >= 11 is 0. The zero-order valence-electron chi connectivity index (χ0n) is 14.2. The molecule has 0 aromatic carbocycles. The van der Waals surface area contributed by atoms with Gasteiger partial charge in [0.25, 0.3) is 0 Å². The Balaban J connectivity index is 1.87. The van der Waals surface area contributed by atoms with E-state index in [9.17, 15) is 18.0 Å². The number of carbonyl (C=O) groups excluding carboxylic acids is 1. The van der Waals surface area contributed by atoms with Crippen molar-refractivity contribution in [3.63, 3.8) is 0 Å². The van der Waals surface area contributed by atoms with E-state index in [1.165, 1.54) is 4.90 Å². The number of hydrogen-bond acceptors (Lipinski definition) is 4. The molecule has 0 radical (unpaired) electrons. The molecule has 1 saturated heterocycles. The molecule has 2 unspecified atom stereocenters. The quantitative estimate of drug-likeness (QED) is 0.733. The smallest absolute Gasteiger partial charge is 0.365 e. The number of carbonyl (C=O) groups is 1. The molecule has 1 amide bonds. The first-order valence-electron chi connectivity index (χ1n) is 8.86. The minimum Gasteiger partial charge on any atom is -0.365 e. The highest BCUT2D eigenvalue weighted by Gasteiger charge is 2.44. The van der Waals surface area contributed by atoms with E-state index in [1.54, 1.807) is 0 Å². The summed E-state index contributed by atoms with van der Waals surface area (Å²) < 4.78 is 45.7. The number of rotatable bonds is 7. The van der Waals surface area contributed by atoms with Crippen LogP contribution < -0.4 is 10.6 Å². The molecule has 0 aromatic heterocycles. The first-order chi connectivity index (χ1) is 11.4. The lowest BCUT2D eigenvalue weighted by Gasteiger charge is -2.36. The van der Waals surface area contributed by atoms with Crippen molar-refractivity contribution in [3.05, 3.63) is 0 Å². The van der Waals surface area contributed by atoms with Crippen LogP contribution >= 0.6 is 0 Å². The number of hydrogen-bond donors (Lipinski definition) is 2. The van der Waals surface area contributed by atoms with Gasteiger partial charge in [0.15, 0.2) is 0 Å². The zero-order chi connectivity index (χ0) is 17.6. The van der Waals surface area contributed by atoms with Crippen LogP contribution in [0.25, 0.3) is 0 Å².